The summed E-state index contributed by atoms with van der Waals surface area (Å²) in [6.45, 7) is 11.4. The van der Waals surface area contributed by atoms with Crippen LogP contribution in [0.3, 0.4) is 0 Å². The number of allylic oxidation sites excluding steroid dienone is 1. The molecule has 1 atom stereocenters. The zero-order valence-electron chi connectivity index (χ0n) is 17.3. The van der Waals surface area contributed by atoms with Crippen LogP contribution < -0.4 is 4.74 Å². The number of benzene rings is 1. The van der Waals surface area contributed by atoms with E-state index in [0.29, 0.717) is 26.0 Å². The fourth-order valence-electron chi connectivity index (χ4n) is 3.98. The molecular formula is C24H27NO3S. The zero-order valence-corrected chi connectivity index (χ0v) is 18.1. The van der Waals surface area contributed by atoms with Crippen LogP contribution in [-0.4, -0.2) is 22.6 Å². The summed E-state index contributed by atoms with van der Waals surface area (Å²) in [5.41, 5.74) is 3.37. The molecule has 0 radical (unpaired) electrons. The van der Waals surface area contributed by atoms with Crippen molar-refractivity contribution in [3.8, 4) is 5.75 Å². The second kappa shape index (κ2) is 7.45. The smallest absolute Gasteiger partial charge is 0.265 e. The molecule has 1 fully saturated rings. The molecule has 0 N–H and O–H groups in total. The number of carbonyl (C=O) groups excluding carboxylic acids is 2. The van der Waals surface area contributed by atoms with Gasteiger partial charge in [-0.25, -0.2) is 0 Å². The molecular weight excluding hydrogens is 382 g/mol. The molecule has 1 aliphatic carbocycles. The number of hydrogen-bond acceptors (Lipinski definition) is 4. The third-order valence-corrected chi connectivity index (χ3v) is 6.84. The molecule has 0 saturated heterocycles. The number of fused-ring (bicyclic) bond motifs is 1. The highest BCUT2D eigenvalue weighted by Crippen LogP contribution is 2.35. The van der Waals surface area contributed by atoms with E-state index in [4.69, 9.17) is 4.74 Å². The van der Waals surface area contributed by atoms with Crippen molar-refractivity contribution in [1.82, 2.24) is 4.90 Å². The van der Waals surface area contributed by atoms with E-state index < -0.39 is 0 Å². The molecule has 4 nitrogen and oxygen atoms in total. The van der Waals surface area contributed by atoms with Crippen molar-refractivity contribution >= 4 is 23.0 Å². The number of thiophene rings is 1. The second-order valence-electron chi connectivity index (χ2n) is 9.01. The molecule has 0 bridgehead atoms. The van der Waals surface area contributed by atoms with E-state index in [1.165, 1.54) is 16.9 Å². The van der Waals surface area contributed by atoms with Gasteiger partial charge in [-0.1, -0.05) is 45.1 Å². The number of rotatable bonds is 4. The van der Waals surface area contributed by atoms with Crippen molar-refractivity contribution < 1.29 is 14.3 Å². The summed E-state index contributed by atoms with van der Waals surface area (Å²) < 4.78 is 5.93. The lowest BCUT2D eigenvalue weighted by Crippen LogP contribution is -2.43. The first-order valence-corrected chi connectivity index (χ1v) is 10.9. The summed E-state index contributed by atoms with van der Waals surface area (Å²) in [7, 11) is 0. The monoisotopic (exact) mass is 409 g/mol. The number of ketones is 1. The van der Waals surface area contributed by atoms with Gasteiger partial charge in [0.15, 0.2) is 5.78 Å². The lowest BCUT2D eigenvalue weighted by Gasteiger charge is -2.30. The molecule has 4 rings (SSSR count). The van der Waals surface area contributed by atoms with E-state index in [9.17, 15) is 9.59 Å². The van der Waals surface area contributed by atoms with Crippen LogP contribution in [0.4, 0.5) is 0 Å². The van der Waals surface area contributed by atoms with Gasteiger partial charge in [0.25, 0.3) is 5.91 Å². The molecule has 5 heteroatoms. The van der Waals surface area contributed by atoms with E-state index in [1.54, 1.807) is 4.90 Å². The molecule has 2 aliphatic rings. The van der Waals surface area contributed by atoms with Gasteiger partial charge >= 0.3 is 0 Å². The Morgan fingerprint density at radius 3 is 2.55 bits per heavy atom. The summed E-state index contributed by atoms with van der Waals surface area (Å²) >= 11 is 1.48. The largest absolute Gasteiger partial charge is 0.488 e. The Bertz CT molecular complexity index is 965. The first-order chi connectivity index (χ1) is 13.7. The molecule has 0 unspecified atom stereocenters. The number of Topliss-reactive ketones (excluding diaryl/α,β-unsaturated/α-hetero) is 1. The minimum Gasteiger partial charge on any atom is -0.488 e. The summed E-state index contributed by atoms with van der Waals surface area (Å²) in [5, 5.41) is 0. The Hall–Kier alpha value is -2.40. The quantitative estimate of drug-likeness (QED) is 0.647. The average molecular weight is 410 g/mol. The minimum atomic E-state index is -0.298. The predicted molar refractivity (Wildman–Crippen MR) is 115 cm³/mol. The fourth-order valence-corrected chi connectivity index (χ4v) is 5.02. The molecule has 2 heterocycles. The topological polar surface area (TPSA) is 46.6 Å². The summed E-state index contributed by atoms with van der Waals surface area (Å²) in [5.74, 6) is 0.927. The van der Waals surface area contributed by atoms with E-state index in [-0.39, 0.29) is 23.1 Å². The molecule has 0 spiro atoms. The maximum atomic E-state index is 12.9. The van der Waals surface area contributed by atoms with E-state index in [0.717, 1.165) is 33.1 Å². The maximum Gasteiger partial charge on any atom is 0.265 e. The van der Waals surface area contributed by atoms with Crippen LogP contribution in [0.25, 0.3) is 0 Å². The van der Waals surface area contributed by atoms with Crippen LogP contribution in [0.5, 0.6) is 5.75 Å². The van der Waals surface area contributed by atoms with Gasteiger partial charge in [-0.05, 0) is 47.6 Å². The van der Waals surface area contributed by atoms with Gasteiger partial charge in [-0.15, -0.1) is 11.3 Å². The van der Waals surface area contributed by atoms with Gasteiger partial charge in [0.2, 0.25) is 0 Å². The van der Waals surface area contributed by atoms with Crippen molar-refractivity contribution in [2.24, 2.45) is 0 Å². The van der Waals surface area contributed by atoms with Crippen LogP contribution in [0.15, 0.2) is 42.5 Å². The highest BCUT2D eigenvalue weighted by molar-refractivity contribution is 7.14. The van der Waals surface area contributed by atoms with Crippen molar-refractivity contribution in [2.75, 3.05) is 0 Å². The van der Waals surface area contributed by atoms with Crippen LogP contribution in [-0.2, 0) is 23.4 Å². The number of carbonyl (C=O) groups is 2. The molecule has 1 aliphatic heterocycles. The lowest BCUT2D eigenvalue weighted by molar-refractivity contribution is -0.124. The standard InChI is InChI=1S/C24H27NO3S/c1-15-5-10-20(21(26)11-15)25-13-16-12-19(29-22(16)23(25)27)14-28-18-8-6-17(7-9-18)24(2,3)4/h6-9,12,20H,1,5,10-11,13-14H2,2-4H3/t20-/m0/s1. The van der Waals surface area contributed by atoms with Gasteiger partial charge in [-0.2, -0.15) is 0 Å². The van der Waals surface area contributed by atoms with Gasteiger partial charge in [0.05, 0.1) is 10.9 Å². The zero-order chi connectivity index (χ0) is 20.8. The maximum absolute atomic E-state index is 12.9. The Morgan fingerprint density at radius 2 is 1.93 bits per heavy atom. The number of ether oxygens (including phenoxy) is 1. The van der Waals surface area contributed by atoms with Gasteiger partial charge in [0, 0.05) is 17.8 Å². The van der Waals surface area contributed by atoms with Crippen LogP contribution in [0.2, 0.25) is 0 Å². The third-order valence-electron chi connectivity index (χ3n) is 5.70. The van der Waals surface area contributed by atoms with Gasteiger partial charge in [0.1, 0.15) is 12.4 Å². The average Bonchev–Trinajstić information content (AvgIpc) is 3.19. The second-order valence-corrected chi connectivity index (χ2v) is 10.1. The van der Waals surface area contributed by atoms with Crippen LogP contribution in [0.1, 0.15) is 65.7 Å². The molecule has 2 aromatic rings. The Balaban J connectivity index is 1.39. The SMILES string of the molecule is C=C1CC[C@H](N2Cc3cc(COc4ccc(C(C)(C)C)cc4)sc3C2=O)C(=O)C1. The van der Waals surface area contributed by atoms with Gasteiger partial charge < -0.3 is 9.64 Å². The van der Waals surface area contributed by atoms with Crippen molar-refractivity contribution in [3.05, 3.63) is 63.4 Å². The molecule has 29 heavy (non-hydrogen) atoms. The predicted octanol–water partition coefficient (Wildman–Crippen LogP) is 5.26. The normalized spacial score (nSPS) is 19.6. The molecule has 1 aromatic carbocycles. The van der Waals surface area contributed by atoms with Crippen molar-refractivity contribution in [1.29, 1.82) is 0 Å². The first-order valence-electron chi connectivity index (χ1n) is 10.1. The summed E-state index contributed by atoms with van der Waals surface area (Å²) in [6.07, 6.45) is 1.91. The number of hydrogen-bond donors (Lipinski definition) is 0. The molecule has 1 aromatic heterocycles. The number of amides is 1. The Labute approximate surface area is 176 Å². The Morgan fingerprint density at radius 1 is 1.21 bits per heavy atom. The highest BCUT2D eigenvalue weighted by atomic mass is 32.1. The lowest BCUT2D eigenvalue weighted by atomic mass is 9.87. The summed E-state index contributed by atoms with van der Waals surface area (Å²) in [4.78, 5) is 28.7. The van der Waals surface area contributed by atoms with Crippen molar-refractivity contribution in [2.45, 2.75) is 64.6 Å². The molecule has 1 saturated carbocycles. The van der Waals surface area contributed by atoms with Gasteiger partial charge in [-0.3, -0.25) is 9.59 Å². The minimum absolute atomic E-state index is 0.0170. The molecule has 152 valence electrons. The number of nitrogens with zero attached hydrogens (tertiary/aromatic N) is 1. The molecule has 1 amide bonds. The van der Waals surface area contributed by atoms with Crippen LogP contribution >= 0.6 is 11.3 Å². The van der Waals surface area contributed by atoms with Crippen LogP contribution in [0, 0.1) is 0 Å². The van der Waals surface area contributed by atoms with Crippen molar-refractivity contribution in [3.63, 3.8) is 0 Å². The Kier molecular flexibility index (Phi) is 5.11. The first kappa shape index (κ1) is 19.9. The third kappa shape index (κ3) is 4.01. The highest BCUT2D eigenvalue weighted by Gasteiger charge is 2.39. The fraction of sp³-hybridized carbons (Fsp3) is 0.417. The van der Waals surface area contributed by atoms with E-state index in [2.05, 4.69) is 39.5 Å². The van der Waals surface area contributed by atoms with E-state index >= 15 is 0 Å². The summed E-state index contributed by atoms with van der Waals surface area (Å²) in [6, 6.07) is 9.94. The van der Waals surface area contributed by atoms with E-state index in [1.807, 2.05) is 18.2 Å².